The maximum absolute atomic E-state index is 13.6. The molecule has 1 heterocycles. The lowest BCUT2D eigenvalue weighted by molar-refractivity contribution is 0.152. The summed E-state index contributed by atoms with van der Waals surface area (Å²) >= 11 is 0. The monoisotopic (exact) mass is 421 g/mol. The number of hydrogen-bond acceptors (Lipinski definition) is 4. The van der Waals surface area contributed by atoms with Crippen molar-refractivity contribution >= 4 is 15.9 Å². The molecule has 5 nitrogen and oxygen atoms in total. The van der Waals surface area contributed by atoms with E-state index < -0.39 is 27.3 Å². The summed E-state index contributed by atoms with van der Waals surface area (Å²) in [6, 6.07) is 27.0. The number of cyclic esters (lactones) is 1. The molecule has 0 radical (unpaired) electrons. The number of amides is 1. The molecule has 0 unspecified atom stereocenters. The minimum Gasteiger partial charge on any atom is -0.447 e. The SMILES string of the molecule is O=C1OC[C@@H](c2ccccc2)N1[C@H](CCc1ccccc1)S(=O)(=O)c1ccccc1. The molecule has 1 amide bonds. The van der Waals surface area contributed by atoms with E-state index in [1.54, 1.807) is 30.3 Å². The third-order valence-electron chi connectivity index (χ3n) is 5.36. The molecule has 0 spiro atoms. The molecule has 0 aliphatic carbocycles. The quantitative estimate of drug-likeness (QED) is 0.559. The van der Waals surface area contributed by atoms with Gasteiger partial charge in [0.25, 0.3) is 0 Å². The van der Waals surface area contributed by atoms with Crippen LogP contribution in [-0.2, 0) is 21.0 Å². The molecule has 3 aromatic rings. The van der Waals surface area contributed by atoms with Gasteiger partial charge in [0, 0.05) is 0 Å². The van der Waals surface area contributed by atoms with Gasteiger partial charge in [0.05, 0.1) is 10.9 Å². The Hall–Kier alpha value is -3.12. The van der Waals surface area contributed by atoms with Gasteiger partial charge in [-0.25, -0.2) is 13.2 Å². The summed E-state index contributed by atoms with van der Waals surface area (Å²) in [5.41, 5.74) is 1.88. The van der Waals surface area contributed by atoms with Crippen LogP contribution < -0.4 is 0 Å². The van der Waals surface area contributed by atoms with Crippen LogP contribution in [0.25, 0.3) is 0 Å². The van der Waals surface area contributed by atoms with Gasteiger partial charge in [-0.3, -0.25) is 4.90 Å². The zero-order chi connectivity index (χ0) is 21.0. The Morgan fingerprint density at radius 3 is 2.07 bits per heavy atom. The Morgan fingerprint density at radius 2 is 1.43 bits per heavy atom. The highest BCUT2D eigenvalue weighted by atomic mass is 32.2. The van der Waals surface area contributed by atoms with Crippen LogP contribution in [0.4, 0.5) is 4.79 Å². The Morgan fingerprint density at radius 1 is 0.867 bits per heavy atom. The molecule has 1 aliphatic rings. The zero-order valence-corrected chi connectivity index (χ0v) is 17.2. The van der Waals surface area contributed by atoms with E-state index in [-0.39, 0.29) is 17.9 Å². The van der Waals surface area contributed by atoms with Crippen LogP contribution in [0.3, 0.4) is 0 Å². The van der Waals surface area contributed by atoms with Crippen LogP contribution in [0.5, 0.6) is 0 Å². The fourth-order valence-electron chi connectivity index (χ4n) is 3.83. The number of sulfone groups is 1. The lowest BCUT2D eigenvalue weighted by atomic mass is 10.1. The van der Waals surface area contributed by atoms with Crippen molar-refractivity contribution in [3.8, 4) is 0 Å². The molecular formula is C24H23NO4S. The molecule has 0 saturated carbocycles. The first-order valence-corrected chi connectivity index (χ1v) is 11.4. The van der Waals surface area contributed by atoms with Crippen molar-refractivity contribution in [3.05, 3.63) is 102 Å². The summed E-state index contributed by atoms with van der Waals surface area (Å²) in [4.78, 5) is 14.3. The van der Waals surface area contributed by atoms with Gasteiger partial charge in [-0.05, 0) is 36.1 Å². The molecule has 0 aromatic heterocycles. The predicted octanol–water partition coefficient (Wildman–Crippen LogP) is 4.61. The summed E-state index contributed by atoms with van der Waals surface area (Å²) in [7, 11) is -3.80. The zero-order valence-electron chi connectivity index (χ0n) is 16.4. The first-order valence-electron chi connectivity index (χ1n) is 9.90. The van der Waals surface area contributed by atoms with Gasteiger partial charge in [-0.1, -0.05) is 78.9 Å². The van der Waals surface area contributed by atoms with Crippen molar-refractivity contribution in [2.24, 2.45) is 0 Å². The number of hydrogen-bond donors (Lipinski definition) is 0. The molecule has 0 N–H and O–H groups in total. The lowest BCUT2D eigenvalue weighted by Crippen LogP contribution is -2.43. The molecule has 1 fully saturated rings. The smallest absolute Gasteiger partial charge is 0.411 e. The van der Waals surface area contributed by atoms with Crippen molar-refractivity contribution in [1.82, 2.24) is 4.90 Å². The van der Waals surface area contributed by atoms with Gasteiger partial charge in [0.1, 0.15) is 12.0 Å². The fraction of sp³-hybridized carbons (Fsp3) is 0.208. The molecule has 1 saturated heterocycles. The van der Waals surface area contributed by atoms with Crippen LogP contribution in [0, 0.1) is 0 Å². The molecule has 6 heteroatoms. The second-order valence-electron chi connectivity index (χ2n) is 7.25. The van der Waals surface area contributed by atoms with Crippen molar-refractivity contribution in [2.75, 3.05) is 6.61 Å². The Bertz CT molecular complexity index is 1090. The molecular weight excluding hydrogens is 398 g/mol. The summed E-state index contributed by atoms with van der Waals surface area (Å²) < 4.78 is 32.5. The molecule has 0 bridgehead atoms. The molecule has 154 valence electrons. The standard InChI is InChI=1S/C24H23NO4S/c26-24-25(22(18-29-24)20-12-6-2-7-13-20)23(17-16-19-10-4-1-5-11-19)30(27,28)21-14-8-3-9-15-21/h1-15,22-23H,16-18H2/t22-,23-/m0/s1. The first-order chi connectivity index (χ1) is 14.6. The highest BCUT2D eigenvalue weighted by Gasteiger charge is 2.44. The van der Waals surface area contributed by atoms with Crippen LogP contribution in [0.2, 0.25) is 0 Å². The van der Waals surface area contributed by atoms with E-state index in [9.17, 15) is 13.2 Å². The normalized spacial score (nSPS) is 17.5. The van der Waals surface area contributed by atoms with Crippen molar-refractivity contribution in [1.29, 1.82) is 0 Å². The summed E-state index contributed by atoms with van der Waals surface area (Å²) in [5.74, 6) is 0. The number of benzene rings is 3. The Balaban J connectivity index is 1.73. The third kappa shape index (κ3) is 4.09. The predicted molar refractivity (Wildman–Crippen MR) is 115 cm³/mol. The molecule has 1 aliphatic heterocycles. The van der Waals surface area contributed by atoms with Crippen LogP contribution in [0.15, 0.2) is 95.9 Å². The Kier molecular flexibility index (Phi) is 5.86. The minimum atomic E-state index is -3.80. The maximum Gasteiger partial charge on any atom is 0.411 e. The van der Waals surface area contributed by atoms with E-state index in [1.165, 1.54) is 4.90 Å². The highest BCUT2D eigenvalue weighted by Crippen LogP contribution is 2.35. The highest BCUT2D eigenvalue weighted by molar-refractivity contribution is 7.92. The van der Waals surface area contributed by atoms with E-state index in [4.69, 9.17) is 4.74 Å². The summed E-state index contributed by atoms with van der Waals surface area (Å²) in [6.45, 7) is 0.134. The average molecular weight is 422 g/mol. The molecule has 4 rings (SSSR count). The van der Waals surface area contributed by atoms with Gasteiger partial charge in [0.2, 0.25) is 0 Å². The van der Waals surface area contributed by atoms with E-state index in [2.05, 4.69) is 0 Å². The topological polar surface area (TPSA) is 63.7 Å². The largest absolute Gasteiger partial charge is 0.447 e. The molecule has 2 atom stereocenters. The van der Waals surface area contributed by atoms with E-state index in [0.717, 1.165) is 11.1 Å². The number of rotatable bonds is 7. The Labute approximate surface area is 176 Å². The lowest BCUT2D eigenvalue weighted by Gasteiger charge is -2.30. The molecule has 3 aromatic carbocycles. The van der Waals surface area contributed by atoms with E-state index in [1.807, 2.05) is 60.7 Å². The van der Waals surface area contributed by atoms with Gasteiger partial charge in [0.15, 0.2) is 9.84 Å². The van der Waals surface area contributed by atoms with Gasteiger partial charge in [-0.2, -0.15) is 0 Å². The third-order valence-corrected chi connectivity index (χ3v) is 7.47. The van der Waals surface area contributed by atoms with Crippen LogP contribution >= 0.6 is 0 Å². The second-order valence-corrected chi connectivity index (χ2v) is 9.35. The molecule has 30 heavy (non-hydrogen) atoms. The number of nitrogens with zero attached hydrogens (tertiary/aromatic N) is 1. The summed E-state index contributed by atoms with van der Waals surface area (Å²) in [5, 5.41) is -1.03. The first kappa shape index (κ1) is 20.2. The number of carbonyl (C=O) groups is 1. The van der Waals surface area contributed by atoms with E-state index >= 15 is 0 Å². The van der Waals surface area contributed by atoms with E-state index in [0.29, 0.717) is 6.42 Å². The van der Waals surface area contributed by atoms with Crippen LogP contribution in [-0.4, -0.2) is 31.4 Å². The average Bonchev–Trinajstić information content (AvgIpc) is 3.17. The van der Waals surface area contributed by atoms with Gasteiger partial charge < -0.3 is 4.74 Å². The van der Waals surface area contributed by atoms with Crippen molar-refractivity contribution < 1.29 is 17.9 Å². The number of carbonyl (C=O) groups excluding carboxylic acids is 1. The maximum atomic E-state index is 13.6. The summed E-state index contributed by atoms with van der Waals surface area (Å²) in [6.07, 6.45) is 0.212. The van der Waals surface area contributed by atoms with Gasteiger partial charge >= 0.3 is 6.09 Å². The van der Waals surface area contributed by atoms with Gasteiger partial charge in [-0.15, -0.1) is 0 Å². The number of ether oxygens (including phenoxy) is 1. The van der Waals surface area contributed by atoms with Crippen LogP contribution in [0.1, 0.15) is 23.6 Å². The van der Waals surface area contributed by atoms with Crippen molar-refractivity contribution in [3.63, 3.8) is 0 Å². The number of aryl methyl sites for hydroxylation is 1. The minimum absolute atomic E-state index is 0.134. The second kappa shape index (κ2) is 8.71. The fourth-order valence-corrected chi connectivity index (χ4v) is 5.64. The van der Waals surface area contributed by atoms with Crippen molar-refractivity contribution in [2.45, 2.75) is 29.2 Å².